The van der Waals surface area contributed by atoms with Crippen LogP contribution in [0.2, 0.25) is 5.02 Å². The number of benzene rings is 2. The van der Waals surface area contributed by atoms with E-state index in [9.17, 15) is 18.0 Å². The zero-order chi connectivity index (χ0) is 21.5. The van der Waals surface area contributed by atoms with E-state index in [1.165, 1.54) is 39.5 Å². The molecule has 0 N–H and O–H groups in total. The van der Waals surface area contributed by atoms with Gasteiger partial charge < -0.3 is 9.32 Å². The van der Waals surface area contributed by atoms with Crippen molar-refractivity contribution in [1.29, 1.82) is 0 Å². The molecule has 1 fully saturated rings. The lowest BCUT2D eigenvalue weighted by atomic mass is 10.1. The first-order valence-electron chi connectivity index (χ1n) is 9.35. The zero-order valence-corrected chi connectivity index (χ0v) is 17.7. The van der Waals surface area contributed by atoms with Crippen LogP contribution in [0.1, 0.15) is 16.1 Å². The van der Waals surface area contributed by atoms with E-state index in [0.29, 0.717) is 16.0 Å². The number of halogens is 1. The minimum atomic E-state index is -3.67. The maximum absolute atomic E-state index is 12.8. The Morgan fingerprint density at radius 2 is 1.67 bits per heavy atom. The van der Waals surface area contributed by atoms with Gasteiger partial charge in [0.2, 0.25) is 10.0 Å². The van der Waals surface area contributed by atoms with Crippen molar-refractivity contribution >= 4 is 38.5 Å². The second-order valence-corrected chi connectivity index (χ2v) is 9.50. The predicted octanol–water partition coefficient (Wildman–Crippen LogP) is 2.90. The van der Waals surface area contributed by atoms with E-state index in [1.807, 2.05) is 6.92 Å². The summed E-state index contributed by atoms with van der Waals surface area (Å²) in [6, 6.07) is 12.4. The van der Waals surface area contributed by atoms with Crippen molar-refractivity contribution in [1.82, 2.24) is 9.21 Å². The summed E-state index contributed by atoms with van der Waals surface area (Å²) in [4.78, 5) is 26.9. The van der Waals surface area contributed by atoms with Crippen LogP contribution in [-0.4, -0.2) is 49.7 Å². The number of carbonyl (C=O) groups excluding carboxylic acids is 1. The van der Waals surface area contributed by atoms with E-state index in [1.54, 1.807) is 18.2 Å². The van der Waals surface area contributed by atoms with E-state index < -0.39 is 15.9 Å². The third-order valence-electron chi connectivity index (χ3n) is 5.07. The number of rotatable bonds is 3. The highest BCUT2D eigenvalue weighted by molar-refractivity contribution is 7.89. The predicted molar refractivity (Wildman–Crippen MR) is 113 cm³/mol. The molecule has 0 aliphatic carbocycles. The standard InChI is InChI=1S/C21H19ClN2O5S/c1-14-2-7-19-17(12-14)18(25)13-20(29-19)21(26)23-8-10-24(11-9-23)30(27,28)16-5-3-15(22)4-6-16/h2-7,12-13H,8-11H2,1H3. The normalized spacial score (nSPS) is 15.5. The van der Waals surface area contributed by atoms with Crippen molar-refractivity contribution in [2.75, 3.05) is 26.2 Å². The maximum Gasteiger partial charge on any atom is 0.289 e. The number of amides is 1. The van der Waals surface area contributed by atoms with Gasteiger partial charge in [0.25, 0.3) is 5.91 Å². The molecule has 0 bridgehead atoms. The number of sulfonamides is 1. The second kappa shape index (κ2) is 7.86. The molecule has 30 heavy (non-hydrogen) atoms. The van der Waals surface area contributed by atoms with Crippen LogP contribution in [0.15, 0.2) is 62.6 Å². The molecule has 1 amide bonds. The Labute approximate surface area is 178 Å². The lowest BCUT2D eigenvalue weighted by molar-refractivity contribution is 0.0666. The van der Waals surface area contributed by atoms with Crippen molar-refractivity contribution in [3.8, 4) is 0 Å². The van der Waals surface area contributed by atoms with Crippen LogP contribution < -0.4 is 5.43 Å². The Morgan fingerprint density at radius 3 is 2.33 bits per heavy atom. The van der Waals surface area contributed by atoms with Gasteiger partial charge in [-0.25, -0.2) is 8.42 Å². The zero-order valence-electron chi connectivity index (χ0n) is 16.2. The van der Waals surface area contributed by atoms with Gasteiger partial charge in [0.15, 0.2) is 11.2 Å². The molecule has 0 saturated carbocycles. The van der Waals surface area contributed by atoms with Crippen LogP contribution in [0.4, 0.5) is 0 Å². The highest BCUT2D eigenvalue weighted by Crippen LogP contribution is 2.21. The van der Waals surface area contributed by atoms with Crippen LogP contribution in [-0.2, 0) is 10.0 Å². The minimum Gasteiger partial charge on any atom is -0.451 e. The van der Waals surface area contributed by atoms with E-state index in [2.05, 4.69) is 0 Å². The maximum atomic E-state index is 12.8. The van der Waals surface area contributed by atoms with Gasteiger partial charge >= 0.3 is 0 Å². The largest absolute Gasteiger partial charge is 0.451 e. The number of nitrogens with zero attached hydrogens (tertiary/aromatic N) is 2. The number of piperazine rings is 1. The van der Waals surface area contributed by atoms with E-state index in [0.717, 1.165) is 5.56 Å². The summed E-state index contributed by atoms with van der Waals surface area (Å²) < 4.78 is 32.6. The van der Waals surface area contributed by atoms with Gasteiger partial charge in [0.05, 0.1) is 10.3 Å². The lowest BCUT2D eigenvalue weighted by Crippen LogP contribution is -2.50. The van der Waals surface area contributed by atoms with Crippen LogP contribution in [0.25, 0.3) is 11.0 Å². The van der Waals surface area contributed by atoms with Gasteiger partial charge in [0, 0.05) is 37.3 Å². The summed E-state index contributed by atoms with van der Waals surface area (Å²) in [6.07, 6.45) is 0. The number of hydrogen-bond acceptors (Lipinski definition) is 5. The molecule has 0 atom stereocenters. The topological polar surface area (TPSA) is 87.9 Å². The molecule has 7 nitrogen and oxygen atoms in total. The molecule has 0 spiro atoms. The third-order valence-corrected chi connectivity index (χ3v) is 7.24. The Kier molecular flexibility index (Phi) is 5.40. The Balaban J connectivity index is 1.51. The number of carbonyl (C=O) groups is 1. The number of aryl methyl sites for hydroxylation is 1. The average molecular weight is 447 g/mol. The fourth-order valence-electron chi connectivity index (χ4n) is 3.42. The van der Waals surface area contributed by atoms with Crippen molar-refractivity contribution in [2.45, 2.75) is 11.8 Å². The summed E-state index contributed by atoms with van der Waals surface area (Å²) in [5.74, 6) is -0.483. The molecule has 1 aliphatic rings. The highest BCUT2D eigenvalue weighted by atomic mass is 35.5. The average Bonchev–Trinajstić information content (AvgIpc) is 2.74. The Morgan fingerprint density at radius 1 is 1.00 bits per heavy atom. The van der Waals surface area contributed by atoms with Gasteiger partial charge in [-0.1, -0.05) is 23.2 Å². The van der Waals surface area contributed by atoms with Crippen molar-refractivity contribution in [3.05, 3.63) is 75.1 Å². The fourth-order valence-corrected chi connectivity index (χ4v) is 4.97. The third kappa shape index (κ3) is 3.86. The van der Waals surface area contributed by atoms with Gasteiger partial charge in [-0.2, -0.15) is 4.31 Å². The summed E-state index contributed by atoms with van der Waals surface area (Å²) >= 11 is 5.83. The molecule has 2 aromatic carbocycles. The number of fused-ring (bicyclic) bond motifs is 1. The van der Waals surface area contributed by atoms with Crippen molar-refractivity contribution < 1.29 is 17.6 Å². The van der Waals surface area contributed by atoms with Gasteiger partial charge in [-0.3, -0.25) is 9.59 Å². The van der Waals surface area contributed by atoms with E-state index in [-0.39, 0.29) is 42.3 Å². The van der Waals surface area contributed by atoms with Crippen LogP contribution in [0.5, 0.6) is 0 Å². The number of hydrogen-bond donors (Lipinski definition) is 0. The first-order valence-corrected chi connectivity index (χ1v) is 11.2. The SMILES string of the molecule is Cc1ccc2oc(C(=O)N3CCN(S(=O)(=O)c4ccc(Cl)cc4)CC3)cc(=O)c2c1. The molecule has 0 unspecified atom stereocenters. The minimum absolute atomic E-state index is 0.0506. The van der Waals surface area contributed by atoms with Crippen LogP contribution in [0.3, 0.4) is 0 Å². The lowest BCUT2D eigenvalue weighted by Gasteiger charge is -2.33. The molecule has 2 heterocycles. The summed E-state index contributed by atoms with van der Waals surface area (Å²) in [6.45, 7) is 2.56. The molecular formula is C21H19ClN2O5S. The summed E-state index contributed by atoms with van der Waals surface area (Å²) in [5.41, 5.74) is 0.986. The van der Waals surface area contributed by atoms with Crippen LogP contribution in [0, 0.1) is 6.92 Å². The molecule has 3 aromatic rings. The van der Waals surface area contributed by atoms with E-state index in [4.69, 9.17) is 16.0 Å². The Bertz CT molecular complexity index is 1280. The Hall–Kier alpha value is -2.68. The molecular weight excluding hydrogens is 428 g/mol. The van der Waals surface area contributed by atoms with Gasteiger partial charge in [-0.05, 0) is 43.3 Å². The first kappa shape index (κ1) is 20.6. The summed E-state index contributed by atoms with van der Waals surface area (Å²) in [5, 5.41) is 0.877. The van der Waals surface area contributed by atoms with Gasteiger partial charge in [0.1, 0.15) is 5.58 Å². The molecule has 4 rings (SSSR count). The van der Waals surface area contributed by atoms with Crippen molar-refractivity contribution in [3.63, 3.8) is 0 Å². The summed E-state index contributed by atoms with van der Waals surface area (Å²) in [7, 11) is -3.67. The monoisotopic (exact) mass is 446 g/mol. The van der Waals surface area contributed by atoms with E-state index >= 15 is 0 Å². The first-order chi connectivity index (χ1) is 14.3. The molecule has 9 heteroatoms. The van der Waals surface area contributed by atoms with Crippen LogP contribution >= 0.6 is 11.6 Å². The molecule has 1 aliphatic heterocycles. The van der Waals surface area contributed by atoms with Gasteiger partial charge in [-0.15, -0.1) is 0 Å². The molecule has 1 saturated heterocycles. The second-order valence-electron chi connectivity index (χ2n) is 7.12. The quantitative estimate of drug-likeness (QED) is 0.617. The fraction of sp³-hybridized carbons (Fsp3) is 0.238. The highest BCUT2D eigenvalue weighted by Gasteiger charge is 2.31. The molecule has 1 aromatic heterocycles. The molecule has 0 radical (unpaired) electrons. The molecule has 156 valence electrons. The smallest absolute Gasteiger partial charge is 0.289 e. The van der Waals surface area contributed by atoms with Crippen molar-refractivity contribution in [2.24, 2.45) is 0 Å².